The Morgan fingerprint density at radius 3 is 2.12 bits per heavy atom. The average Bonchev–Trinajstić information content (AvgIpc) is 1.61. The molecule has 0 aromatic carbocycles. The van der Waals surface area contributed by atoms with Crippen molar-refractivity contribution in [2.45, 2.75) is 13.8 Å². The van der Waals surface area contributed by atoms with E-state index in [-0.39, 0.29) is 0 Å². The van der Waals surface area contributed by atoms with E-state index in [9.17, 15) is 0 Å². The fourth-order valence-corrected chi connectivity index (χ4v) is 1.05. The molecule has 0 radical (unpaired) electrons. The molecule has 0 aliphatic heterocycles. The highest BCUT2D eigenvalue weighted by atomic mass is 35.9. The first kappa shape index (κ1) is 8.68. The first-order valence-electron chi connectivity index (χ1n) is 2.42. The Kier molecular flexibility index (Phi) is 4.94. The highest BCUT2D eigenvalue weighted by Crippen LogP contribution is 2.36. The fourth-order valence-electron chi connectivity index (χ4n) is 0.225. The minimum absolute atomic E-state index is 0.567. The van der Waals surface area contributed by atoms with Crippen LogP contribution >= 0.6 is 28.9 Å². The second-order valence-corrected chi connectivity index (χ2v) is 5.09. The molecule has 0 atom stereocenters. The maximum atomic E-state index is 5.39. The molecule has 0 saturated heterocycles. The molecule has 0 unspecified atom stereocenters. The van der Waals surface area contributed by atoms with Crippen molar-refractivity contribution >= 4 is 28.9 Å². The summed E-state index contributed by atoms with van der Waals surface area (Å²) in [5, 5.41) is 0. The smallest absolute Gasteiger partial charge is 0.0747 e. The van der Waals surface area contributed by atoms with E-state index in [0.717, 1.165) is 6.54 Å². The van der Waals surface area contributed by atoms with Gasteiger partial charge in [0.05, 0.1) is 6.54 Å². The Morgan fingerprint density at radius 1 is 1.50 bits per heavy atom. The first-order chi connectivity index (χ1) is 3.63. The van der Waals surface area contributed by atoms with E-state index in [2.05, 4.69) is 18.6 Å². The van der Waals surface area contributed by atoms with Crippen LogP contribution in [0.1, 0.15) is 13.8 Å². The number of nitrogens with zero attached hydrogens (tertiary/aromatic N) is 1. The van der Waals surface area contributed by atoms with Gasteiger partial charge in [-0.25, -0.2) is 0 Å². The van der Waals surface area contributed by atoms with Gasteiger partial charge in [-0.1, -0.05) is 18.6 Å². The normalized spacial score (nSPS) is 9.62. The third-order valence-corrected chi connectivity index (χ3v) is 1.57. The highest BCUT2D eigenvalue weighted by molar-refractivity contribution is 7.96. The maximum absolute atomic E-state index is 5.39. The van der Waals surface area contributed by atoms with Gasteiger partial charge in [-0.05, 0) is 5.92 Å². The zero-order valence-corrected chi connectivity index (χ0v) is 7.34. The fraction of sp³-hybridized carbons (Fsp3) is 1.00. The standard InChI is InChI=1S/C4H9Cl2NP/c1-4(2)3-7-8(5)6/h4H,3H2,1-2H3/q+1. The summed E-state index contributed by atoms with van der Waals surface area (Å²) in [6.07, 6.45) is -1.06. The lowest BCUT2D eigenvalue weighted by Crippen LogP contribution is -1.88. The molecular weight excluding hydrogens is 164 g/mol. The van der Waals surface area contributed by atoms with Gasteiger partial charge in [-0.15, -0.1) is 0 Å². The van der Waals surface area contributed by atoms with Gasteiger partial charge in [0.1, 0.15) is 0 Å². The minimum atomic E-state index is -1.06. The van der Waals surface area contributed by atoms with Crippen LogP contribution in [0.3, 0.4) is 0 Å². The van der Waals surface area contributed by atoms with Gasteiger partial charge in [-0.2, -0.15) is 0 Å². The number of rotatable bonds is 2. The van der Waals surface area contributed by atoms with E-state index in [4.69, 9.17) is 22.5 Å². The third kappa shape index (κ3) is 6.68. The van der Waals surface area contributed by atoms with Crippen molar-refractivity contribution in [3.8, 4) is 0 Å². The van der Waals surface area contributed by atoms with Crippen LogP contribution in [0.15, 0.2) is 4.74 Å². The Bertz CT molecular complexity index is 88.0. The lowest BCUT2D eigenvalue weighted by atomic mass is 10.2. The third-order valence-electron chi connectivity index (χ3n) is 0.554. The van der Waals surface area contributed by atoms with E-state index >= 15 is 0 Å². The van der Waals surface area contributed by atoms with Crippen LogP contribution in [0.2, 0.25) is 0 Å². The van der Waals surface area contributed by atoms with E-state index in [1.807, 2.05) is 0 Å². The van der Waals surface area contributed by atoms with Crippen molar-refractivity contribution < 1.29 is 0 Å². The molecule has 0 heterocycles. The maximum Gasteiger partial charge on any atom is 0.438 e. The molecule has 1 nitrogen and oxygen atoms in total. The van der Waals surface area contributed by atoms with Crippen LogP contribution in [0, 0.1) is 5.92 Å². The molecule has 8 heavy (non-hydrogen) atoms. The summed E-state index contributed by atoms with van der Waals surface area (Å²) >= 11 is 10.8. The molecule has 0 aromatic heterocycles. The minimum Gasteiger partial charge on any atom is -0.0747 e. The molecule has 0 aromatic rings. The van der Waals surface area contributed by atoms with Crippen molar-refractivity contribution in [1.82, 2.24) is 0 Å². The monoisotopic (exact) mass is 172 g/mol. The zero-order valence-electron chi connectivity index (χ0n) is 4.93. The summed E-state index contributed by atoms with van der Waals surface area (Å²) < 4.78 is 3.92. The van der Waals surface area contributed by atoms with E-state index < -0.39 is 6.42 Å². The Labute approximate surface area is 60.4 Å². The molecule has 48 valence electrons. The average molecular weight is 173 g/mol. The van der Waals surface area contributed by atoms with Crippen molar-refractivity contribution in [3.63, 3.8) is 0 Å². The summed E-state index contributed by atoms with van der Waals surface area (Å²) in [7, 11) is 0. The van der Waals surface area contributed by atoms with Crippen molar-refractivity contribution in [2.24, 2.45) is 10.7 Å². The topological polar surface area (TPSA) is 12.4 Å². The van der Waals surface area contributed by atoms with Crippen LogP contribution in [0.25, 0.3) is 0 Å². The molecule has 0 amide bonds. The summed E-state index contributed by atoms with van der Waals surface area (Å²) in [5.74, 6) is 0.567. The van der Waals surface area contributed by atoms with Crippen LogP contribution in [0.4, 0.5) is 0 Å². The highest BCUT2D eigenvalue weighted by Gasteiger charge is 2.02. The molecule has 0 bridgehead atoms. The van der Waals surface area contributed by atoms with Gasteiger partial charge in [0.25, 0.3) is 0 Å². The lowest BCUT2D eigenvalue weighted by Gasteiger charge is -1.89. The summed E-state index contributed by atoms with van der Waals surface area (Å²) in [6, 6.07) is 0. The van der Waals surface area contributed by atoms with Crippen molar-refractivity contribution in [1.29, 1.82) is 0 Å². The molecule has 0 spiro atoms. The van der Waals surface area contributed by atoms with E-state index in [1.54, 1.807) is 0 Å². The van der Waals surface area contributed by atoms with Gasteiger partial charge in [-0.3, -0.25) is 0 Å². The van der Waals surface area contributed by atoms with Crippen molar-refractivity contribution in [2.75, 3.05) is 6.54 Å². The quantitative estimate of drug-likeness (QED) is 0.565. The SMILES string of the molecule is CC(C)CN=[P+](Cl)Cl. The van der Waals surface area contributed by atoms with E-state index in [0.29, 0.717) is 5.92 Å². The summed E-state index contributed by atoms with van der Waals surface area (Å²) in [4.78, 5) is 0. The number of halogens is 2. The van der Waals surface area contributed by atoms with Gasteiger partial charge >= 0.3 is 6.42 Å². The first-order valence-corrected chi connectivity index (χ1v) is 5.52. The summed E-state index contributed by atoms with van der Waals surface area (Å²) in [6.45, 7) is 4.94. The second kappa shape index (κ2) is 4.55. The Balaban J connectivity index is 3.29. The molecule has 4 heteroatoms. The molecule has 0 aliphatic carbocycles. The molecule has 0 rings (SSSR count). The van der Waals surface area contributed by atoms with Crippen LogP contribution in [-0.2, 0) is 0 Å². The second-order valence-electron chi connectivity index (χ2n) is 1.93. The van der Waals surface area contributed by atoms with Crippen LogP contribution < -0.4 is 0 Å². The zero-order chi connectivity index (χ0) is 6.57. The van der Waals surface area contributed by atoms with Gasteiger partial charge in [0.2, 0.25) is 22.5 Å². The van der Waals surface area contributed by atoms with Gasteiger partial charge in [0, 0.05) is 0 Å². The van der Waals surface area contributed by atoms with Gasteiger partial charge in [0.15, 0.2) is 0 Å². The van der Waals surface area contributed by atoms with Crippen LogP contribution in [0.5, 0.6) is 0 Å². The predicted molar refractivity (Wildman–Crippen MR) is 40.8 cm³/mol. The Morgan fingerprint density at radius 2 is 2.00 bits per heavy atom. The molecule has 0 N–H and O–H groups in total. The molecular formula is C4H9Cl2NP+. The molecule has 0 fully saturated rings. The Hall–Kier alpha value is 0.680. The summed E-state index contributed by atoms with van der Waals surface area (Å²) in [5.41, 5.74) is 0. The van der Waals surface area contributed by atoms with Gasteiger partial charge < -0.3 is 0 Å². The lowest BCUT2D eigenvalue weighted by molar-refractivity contribution is 0.670. The largest absolute Gasteiger partial charge is 0.438 e. The molecule has 0 aliphatic rings. The van der Waals surface area contributed by atoms with Crippen LogP contribution in [-0.4, -0.2) is 6.54 Å². The van der Waals surface area contributed by atoms with E-state index in [1.165, 1.54) is 0 Å². The van der Waals surface area contributed by atoms with Crippen molar-refractivity contribution in [3.05, 3.63) is 0 Å². The molecule has 0 saturated carbocycles. The predicted octanol–water partition coefficient (Wildman–Crippen LogP) is 3.62. The number of hydrogen-bond acceptors (Lipinski definition) is 1. The number of hydrogen-bond donors (Lipinski definition) is 0.